The Labute approximate surface area is 84.8 Å². The zero-order valence-corrected chi connectivity index (χ0v) is 9.38. The van der Waals surface area contributed by atoms with Crippen LogP contribution < -0.4 is 0 Å². The fraction of sp³-hybridized carbons (Fsp3) is 0.455. The van der Waals surface area contributed by atoms with Gasteiger partial charge in [0.05, 0.1) is 0 Å². The highest BCUT2D eigenvalue weighted by Crippen LogP contribution is 2.20. The molecule has 0 radical (unpaired) electrons. The zero-order valence-electron chi connectivity index (χ0n) is 9.38. The molecular formula is C11H16N2O. The highest BCUT2D eigenvalue weighted by Gasteiger charge is 2.15. The van der Waals surface area contributed by atoms with Crippen LogP contribution in [0.15, 0.2) is 28.2 Å². The van der Waals surface area contributed by atoms with Crippen molar-refractivity contribution in [1.82, 2.24) is 4.90 Å². The van der Waals surface area contributed by atoms with E-state index in [1.54, 1.807) is 6.92 Å². The van der Waals surface area contributed by atoms with Crippen molar-refractivity contribution in [2.24, 2.45) is 4.99 Å². The maximum absolute atomic E-state index is 11.2. The molecule has 0 fully saturated rings. The van der Waals surface area contributed by atoms with Gasteiger partial charge in [-0.05, 0) is 33.8 Å². The molecule has 0 N–H and O–H groups in total. The predicted molar refractivity (Wildman–Crippen MR) is 58.0 cm³/mol. The largest absolute Gasteiger partial charge is 0.333 e. The standard InChI is InChI=1S/C11H16N2O/c1-7-6-8(2)13(5)11(12-7)9(3)10(4)14/h6H,1-5H3/b11-9+. The summed E-state index contributed by atoms with van der Waals surface area (Å²) < 4.78 is 0. The van der Waals surface area contributed by atoms with E-state index < -0.39 is 0 Å². The van der Waals surface area contributed by atoms with E-state index in [1.807, 2.05) is 38.8 Å². The molecule has 0 saturated carbocycles. The molecule has 14 heavy (non-hydrogen) atoms. The average molecular weight is 192 g/mol. The van der Waals surface area contributed by atoms with E-state index in [0.29, 0.717) is 5.57 Å². The van der Waals surface area contributed by atoms with E-state index in [1.165, 1.54) is 0 Å². The topological polar surface area (TPSA) is 32.7 Å². The zero-order chi connectivity index (χ0) is 10.9. The van der Waals surface area contributed by atoms with Crippen LogP contribution in [0.25, 0.3) is 0 Å². The van der Waals surface area contributed by atoms with Crippen LogP contribution in [-0.4, -0.2) is 23.4 Å². The van der Waals surface area contributed by atoms with Gasteiger partial charge < -0.3 is 4.90 Å². The van der Waals surface area contributed by atoms with Crippen LogP contribution in [0.5, 0.6) is 0 Å². The van der Waals surface area contributed by atoms with Crippen molar-refractivity contribution in [1.29, 1.82) is 0 Å². The highest BCUT2D eigenvalue weighted by atomic mass is 16.1. The Kier molecular flexibility index (Phi) is 2.89. The third kappa shape index (κ3) is 1.92. The van der Waals surface area contributed by atoms with Crippen LogP contribution in [0.3, 0.4) is 0 Å². The Balaban J connectivity index is 3.21. The van der Waals surface area contributed by atoms with Crippen molar-refractivity contribution in [3.8, 4) is 0 Å². The minimum atomic E-state index is 0.0677. The second-order valence-electron chi connectivity index (χ2n) is 3.60. The summed E-state index contributed by atoms with van der Waals surface area (Å²) >= 11 is 0. The summed E-state index contributed by atoms with van der Waals surface area (Å²) in [4.78, 5) is 17.5. The van der Waals surface area contributed by atoms with Crippen molar-refractivity contribution < 1.29 is 4.79 Å². The van der Waals surface area contributed by atoms with Crippen molar-refractivity contribution in [3.63, 3.8) is 0 Å². The molecule has 1 rings (SSSR count). The molecule has 1 heterocycles. The van der Waals surface area contributed by atoms with E-state index in [4.69, 9.17) is 0 Å². The maximum atomic E-state index is 11.2. The lowest BCUT2D eigenvalue weighted by molar-refractivity contribution is -0.113. The van der Waals surface area contributed by atoms with Gasteiger partial charge in [-0.1, -0.05) is 0 Å². The van der Waals surface area contributed by atoms with Gasteiger partial charge in [-0.3, -0.25) is 4.79 Å². The van der Waals surface area contributed by atoms with Gasteiger partial charge in [0.1, 0.15) is 5.82 Å². The molecule has 0 aromatic carbocycles. The van der Waals surface area contributed by atoms with Gasteiger partial charge in [0.25, 0.3) is 0 Å². The quantitative estimate of drug-likeness (QED) is 0.596. The van der Waals surface area contributed by atoms with Crippen LogP contribution in [0.1, 0.15) is 27.7 Å². The molecule has 0 atom stereocenters. The fourth-order valence-corrected chi connectivity index (χ4v) is 1.33. The number of nitrogens with zero attached hydrogens (tertiary/aromatic N) is 2. The molecular weight excluding hydrogens is 176 g/mol. The Hall–Kier alpha value is -1.38. The molecule has 0 saturated heterocycles. The Morgan fingerprint density at radius 1 is 1.36 bits per heavy atom. The second-order valence-corrected chi connectivity index (χ2v) is 3.60. The first-order valence-electron chi connectivity index (χ1n) is 4.62. The number of hydrogen-bond acceptors (Lipinski definition) is 3. The molecule has 0 spiro atoms. The number of hydrogen-bond donors (Lipinski definition) is 0. The summed E-state index contributed by atoms with van der Waals surface area (Å²) in [6.45, 7) is 7.31. The summed E-state index contributed by atoms with van der Waals surface area (Å²) in [5.41, 5.74) is 2.75. The van der Waals surface area contributed by atoms with Gasteiger partial charge in [0.15, 0.2) is 5.78 Å². The molecule has 0 aromatic rings. The van der Waals surface area contributed by atoms with Crippen molar-refractivity contribution in [2.45, 2.75) is 27.7 Å². The van der Waals surface area contributed by atoms with Gasteiger partial charge >= 0.3 is 0 Å². The van der Waals surface area contributed by atoms with Gasteiger partial charge in [0.2, 0.25) is 0 Å². The van der Waals surface area contributed by atoms with E-state index in [-0.39, 0.29) is 5.78 Å². The first-order chi connectivity index (χ1) is 6.43. The molecule has 3 heteroatoms. The van der Waals surface area contributed by atoms with Gasteiger partial charge in [-0.2, -0.15) is 0 Å². The Bertz CT molecular complexity index is 361. The number of rotatable bonds is 1. The van der Waals surface area contributed by atoms with E-state index in [2.05, 4.69) is 4.99 Å². The molecule has 0 bridgehead atoms. The van der Waals surface area contributed by atoms with Crippen LogP contribution in [0.4, 0.5) is 0 Å². The maximum Gasteiger partial charge on any atom is 0.159 e. The Morgan fingerprint density at radius 2 is 1.93 bits per heavy atom. The van der Waals surface area contributed by atoms with Crippen molar-refractivity contribution >= 4 is 11.5 Å². The predicted octanol–water partition coefficient (Wildman–Crippen LogP) is 2.12. The number of aliphatic imine (C=N–C) groups is 1. The summed E-state index contributed by atoms with van der Waals surface area (Å²) in [5.74, 6) is 0.827. The molecule has 76 valence electrons. The van der Waals surface area contributed by atoms with Gasteiger partial charge in [-0.15, -0.1) is 0 Å². The average Bonchev–Trinajstić information content (AvgIpc) is 2.09. The van der Waals surface area contributed by atoms with Crippen LogP contribution in [0.2, 0.25) is 0 Å². The van der Waals surface area contributed by atoms with Crippen LogP contribution in [-0.2, 0) is 4.79 Å². The van der Waals surface area contributed by atoms with Crippen molar-refractivity contribution in [2.75, 3.05) is 7.05 Å². The third-order valence-corrected chi connectivity index (χ3v) is 2.41. The summed E-state index contributed by atoms with van der Waals surface area (Å²) in [6.07, 6.45) is 2.00. The molecule has 1 aliphatic heterocycles. The number of ketones is 1. The fourth-order valence-electron chi connectivity index (χ4n) is 1.33. The SMILES string of the molecule is CC(=O)/C(C)=C1\N=C(C)C=C(C)N1C. The minimum Gasteiger partial charge on any atom is -0.333 e. The summed E-state index contributed by atoms with van der Waals surface area (Å²) in [7, 11) is 1.92. The lowest BCUT2D eigenvalue weighted by Crippen LogP contribution is -2.22. The van der Waals surface area contributed by atoms with E-state index in [9.17, 15) is 4.79 Å². The van der Waals surface area contributed by atoms with Crippen LogP contribution >= 0.6 is 0 Å². The number of carbonyl (C=O) groups is 1. The molecule has 0 aromatic heterocycles. The monoisotopic (exact) mass is 192 g/mol. The van der Waals surface area contributed by atoms with Crippen molar-refractivity contribution in [3.05, 3.63) is 23.2 Å². The third-order valence-electron chi connectivity index (χ3n) is 2.41. The van der Waals surface area contributed by atoms with Crippen LogP contribution in [0, 0.1) is 0 Å². The molecule has 0 aliphatic carbocycles. The Morgan fingerprint density at radius 3 is 2.43 bits per heavy atom. The number of Topliss-reactive ketones (excluding diaryl/α,β-unsaturated/α-hetero) is 1. The first kappa shape index (κ1) is 10.7. The second kappa shape index (κ2) is 3.78. The van der Waals surface area contributed by atoms with E-state index in [0.717, 1.165) is 17.2 Å². The molecule has 3 nitrogen and oxygen atoms in total. The van der Waals surface area contributed by atoms with E-state index >= 15 is 0 Å². The van der Waals surface area contributed by atoms with Gasteiger partial charge in [0, 0.05) is 24.0 Å². The molecule has 1 aliphatic rings. The van der Waals surface area contributed by atoms with Gasteiger partial charge in [-0.25, -0.2) is 4.99 Å². The number of allylic oxidation sites excluding steroid dienone is 3. The first-order valence-corrected chi connectivity index (χ1v) is 4.62. The molecule has 0 amide bonds. The summed E-state index contributed by atoms with van der Waals surface area (Å²) in [5, 5.41) is 0. The minimum absolute atomic E-state index is 0.0677. The highest BCUT2D eigenvalue weighted by molar-refractivity contribution is 5.97. The number of carbonyl (C=O) groups excluding carboxylic acids is 1. The molecule has 0 unspecified atom stereocenters. The lowest BCUT2D eigenvalue weighted by Gasteiger charge is -2.25. The smallest absolute Gasteiger partial charge is 0.159 e. The lowest BCUT2D eigenvalue weighted by atomic mass is 10.1. The summed E-state index contributed by atoms with van der Waals surface area (Å²) in [6, 6.07) is 0. The normalized spacial score (nSPS) is 20.2.